The van der Waals surface area contributed by atoms with Crippen LogP contribution in [0.2, 0.25) is 0 Å². The number of benzene rings is 1. The Morgan fingerprint density at radius 3 is 3.04 bits per heavy atom. The number of oxazole rings is 1. The van der Waals surface area contributed by atoms with Gasteiger partial charge in [-0.1, -0.05) is 18.6 Å². The fraction of sp³-hybridized carbons (Fsp3) is 0.500. The summed E-state index contributed by atoms with van der Waals surface area (Å²) < 4.78 is 5.78. The number of hydrogen-bond acceptors (Lipinski definition) is 6. The highest BCUT2D eigenvalue weighted by Crippen LogP contribution is 2.26. The van der Waals surface area contributed by atoms with Gasteiger partial charge in [-0.2, -0.15) is 0 Å². The summed E-state index contributed by atoms with van der Waals surface area (Å²) in [7, 11) is 0. The molecule has 0 aliphatic carbocycles. The van der Waals surface area contributed by atoms with Gasteiger partial charge < -0.3 is 9.52 Å². The van der Waals surface area contributed by atoms with Crippen LogP contribution in [0, 0.1) is 10.1 Å². The first-order valence-corrected chi connectivity index (χ1v) is 8.64. The maximum absolute atomic E-state index is 10.9. The van der Waals surface area contributed by atoms with Gasteiger partial charge in [-0.05, 0) is 19.8 Å². The number of nitro groups is 1. The van der Waals surface area contributed by atoms with Gasteiger partial charge in [0.1, 0.15) is 0 Å². The van der Waals surface area contributed by atoms with Crippen LogP contribution in [0.5, 0.6) is 0 Å². The zero-order valence-corrected chi connectivity index (χ0v) is 14.3. The number of aliphatic hydroxyl groups excluding tert-OH is 1. The van der Waals surface area contributed by atoms with Gasteiger partial charge >= 0.3 is 0 Å². The number of likely N-dealkylation sites (tertiary alicyclic amines) is 1. The zero-order valence-electron chi connectivity index (χ0n) is 14.3. The number of rotatable bonds is 6. The molecule has 2 heterocycles. The molecule has 1 aliphatic rings. The van der Waals surface area contributed by atoms with Crippen LogP contribution in [0.4, 0.5) is 5.69 Å². The maximum Gasteiger partial charge on any atom is 0.270 e. The van der Waals surface area contributed by atoms with Crippen LogP contribution in [-0.2, 0) is 6.42 Å². The van der Waals surface area contributed by atoms with Crippen molar-refractivity contribution in [1.82, 2.24) is 9.88 Å². The molecule has 2 unspecified atom stereocenters. The van der Waals surface area contributed by atoms with E-state index < -0.39 is 4.92 Å². The van der Waals surface area contributed by atoms with E-state index in [1.165, 1.54) is 12.1 Å². The van der Waals surface area contributed by atoms with E-state index in [9.17, 15) is 15.2 Å². The summed E-state index contributed by atoms with van der Waals surface area (Å²) in [6, 6.07) is 6.99. The first kappa shape index (κ1) is 17.6. The van der Waals surface area contributed by atoms with E-state index in [4.69, 9.17) is 4.42 Å². The quantitative estimate of drug-likeness (QED) is 0.639. The van der Waals surface area contributed by atoms with Crippen molar-refractivity contribution in [3.63, 3.8) is 0 Å². The van der Waals surface area contributed by atoms with Crippen LogP contribution in [-0.4, -0.2) is 45.1 Å². The second kappa shape index (κ2) is 7.76. The van der Waals surface area contributed by atoms with Crippen molar-refractivity contribution in [2.45, 2.75) is 44.7 Å². The lowest BCUT2D eigenvalue weighted by Crippen LogP contribution is -2.47. The van der Waals surface area contributed by atoms with Crippen LogP contribution in [0.15, 0.2) is 34.9 Å². The van der Waals surface area contributed by atoms with Gasteiger partial charge in [-0.3, -0.25) is 15.0 Å². The normalized spacial score (nSPS) is 21.4. The molecule has 0 radical (unpaired) electrons. The fourth-order valence-electron chi connectivity index (χ4n) is 3.50. The van der Waals surface area contributed by atoms with Crippen molar-refractivity contribution in [3.05, 3.63) is 46.5 Å². The molecule has 1 aromatic heterocycles. The summed E-state index contributed by atoms with van der Waals surface area (Å²) in [6.45, 7) is 3.14. The summed E-state index contributed by atoms with van der Waals surface area (Å²) >= 11 is 0. The van der Waals surface area contributed by atoms with Crippen molar-refractivity contribution in [1.29, 1.82) is 0 Å². The Morgan fingerprint density at radius 2 is 2.28 bits per heavy atom. The third-order valence-electron chi connectivity index (χ3n) is 4.88. The van der Waals surface area contributed by atoms with Gasteiger partial charge in [-0.15, -0.1) is 0 Å². The monoisotopic (exact) mass is 345 g/mol. The van der Waals surface area contributed by atoms with E-state index in [1.807, 2.05) is 0 Å². The largest absolute Gasteiger partial charge is 0.441 e. The molecule has 0 spiro atoms. The summed E-state index contributed by atoms with van der Waals surface area (Å²) in [6.07, 6.45) is 5.57. The van der Waals surface area contributed by atoms with Gasteiger partial charge in [0.05, 0.1) is 17.7 Å². The van der Waals surface area contributed by atoms with Crippen molar-refractivity contribution in [2.24, 2.45) is 0 Å². The molecule has 25 heavy (non-hydrogen) atoms. The van der Waals surface area contributed by atoms with Crippen LogP contribution in [0.25, 0.3) is 11.3 Å². The lowest BCUT2D eigenvalue weighted by atomic mass is 9.96. The summed E-state index contributed by atoms with van der Waals surface area (Å²) in [4.78, 5) is 17.1. The van der Waals surface area contributed by atoms with Gasteiger partial charge in [-0.25, -0.2) is 4.98 Å². The minimum atomic E-state index is -0.423. The van der Waals surface area contributed by atoms with Gasteiger partial charge in [0.15, 0.2) is 11.7 Å². The van der Waals surface area contributed by atoms with Crippen molar-refractivity contribution in [2.75, 3.05) is 13.2 Å². The van der Waals surface area contributed by atoms with Crippen LogP contribution >= 0.6 is 0 Å². The van der Waals surface area contributed by atoms with Crippen molar-refractivity contribution in [3.8, 4) is 11.3 Å². The first-order valence-electron chi connectivity index (χ1n) is 8.64. The molecule has 1 N–H and O–H groups in total. The molecule has 1 aromatic carbocycles. The summed E-state index contributed by atoms with van der Waals surface area (Å²) in [5.74, 6) is 1.14. The second-order valence-corrected chi connectivity index (χ2v) is 6.53. The van der Waals surface area contributed by atoms with Crippen molar-refractivity contribution >= 4 is 5.69 Å². The number of non-ortho nitro benzene ring substituents is 1. The standard InChI is InChI=1S/C18H23N3O4/c1-13-4-2-7-16(12-22)20(13)9-8-18-19-11-17(25-18)14-5-3-6-15(10-14)21(23)24/h3,5-6,10-11,13,16,22H,2,4,7-9,12H2,1H3. The van der Waals surface area contributed by atoms with E-state index in [2.05, 4.69) is 16.8 Å². The predicted molar refractivity (Wildman–Crippen MR) is 93.2 cm³/mol. The maximum atomic E-state index is 10.9. The molecule has 0 saturated carbocycles. The van der Waals surface area contributed by atoms with Crippen LogP contribution in [0.3, 0.4) is 0 Å². The van der Waals surface area contributed by atoms with E-state index >= 15 is 0 Å². The molecule has 7 heteroatoms. The molecular formula is C18H23N3O4. The number of aromatic nitrogens is 1. The van der Waals surface area contributed by atoms with Crippen LogP contribution in [0.1, 0.15) is 32.1 Å². The van der Waals surface area contributed by atoms with E-state index in [0.29, 0.717) is 29.7 Å². The molecule has 7 nitrogen and oxygen atoms in total. The highest BCUT2D eigenvalue weighted by Gasteiger charge is 2.27. The molecule has 0 bridgehead atoms. The molecular weight excluding hydrogens is 322 g/mol. The number of piperidine rings is 1. The average molecular weight is 345 g/mol. The SMILES string of the molecule is CC1CCCC(CO)N1CCc1ncc(-c2cccc([N+](=O)[O-])c2)o1. The van der Waals surface area contributed by atoms with Crippen LogP contribution < -0.4 is 0 Å². The molecule has 2 atom stereocenters. The zero-order chi connectivity index (χ0) is 17.8. The number of nitrogens with zero attached hydrogens (tertiary/aromatic N) is 3. The van der Waals surface area contributed by atoms with Gasteiger partial charge in [0.25, 0.3) is 5.69 Å². The van der Waals surface area contributed by atoms with E-state index in [-0.39, 0.29) is 18.3 Å². The topological polar surface area (TPSA) is 92.6 Å². The lowest BCUT2D eigenvalue weighted by molar-refractivity contribution is -0.384. The number of hydrogen-bond donors (Lipinski definition) is 1. The first-order chi connectivity index (χ1) is 12.1. The molecule has 3 rings (SSSR count). The predicted octanol–water partition coefficient (Wildman–Crippen LogP) is 3.03. The van der Waals surface area contributed by atoms with Gasteiger partial charge in [0, 0.05) is 42.7 Å². The highest BCUT2D eigenvalue weighted by atomic mass is 16.6. The third-order valence-corrected chi connectivity index (χ3v) is 4.88. The minimum absolute atomic E-state index is 0.0309. The lowest BCUT2D eigenvalue weighted by Gasteiger charge is -2.39. The molecule has 134 valence electrons. The Bertz CT molecular complexity index is 731. The van der Waals surface area contributed by atoms with E-state index in [1.54, 1.807) is 18.3 Å². The number of aliphatic hydroxyl groups is 1. The molecule has 1 aliphatic heterocycles. The molecule has 1 saturated heterocycles. The minimum Gasteiger partial charge on any atom is -0.441 e. The highest BCUT2D eigenvalue weighted by molar-refractivity contribution is 5.60. The third kappa shape index (κ3) is 4.05. The Labute approximate surface area is 146 Å². The summed E-state index contributed by atoms with van der Waals surface area (Å²) in [5, 5.41) is 20.5. The Kier molecular flexibility index (Phi) is 5.45. The van der Waals surface area contributed by atoms with E-state index in [0.717, 1.165) is 25.8 Å². The number of nitro benzene ring substituents is 1. The Balaban J connectivity index is 1.67. The second-order valence-electron chi connectivity index (χ2n) is 6.53. The fourth-order valence-corrected chi connectivity index (χ4v) is 3.50. The molecule has 2 aromatic rings. The van der Waals surface area contributed by atoms with Crippen molar-refractivity contribution < 1.29 is 14.4 Å². The van der Waals surface area contributed by atoms with Gasteiger partial charge in [0.2, 0.25) is 0 Å². The smallest absolute Gasteiger partial charge is 0.270 e. The summed E-state index contributed by atoms with van der Waals surface area (Å²) in [5.41, 5.74) is 0.677. The Hall–Kier alpha value is -2.25. The molecule has 1 fully saturated rings. The molecule has 0 amide bonds. The average Bonchev–Trinajstić information content (AvgIpc) is 3.09. The Morgan fingerprint density at radius 1 is 1.44 bits per heavy atom.